The zero-order valence-corrected chi connectivity index (χ0v) is 12.6. The number of rotatable bonds is 6. The zero-order chi connectivity index (χ0) is 14.4. The molecule has 0 bridgehead atoms. The number of likely N-dealkylation sites (N-methyl/N-ethyl adjacent to an activating group) is 1. The van der Waals surface area contributed by atoms with Crippen LogP contribution in [0.1, 0.15) is 18.9 Å². The molecule has 1 heterocycles. The minimum absolute atomic E-state index is 0.0775. The monoisotopic (exact) mass is 295 g/mol. The Balaban J connectivity index is 1.77. The number of amides is 1. The molecule has 2 N–H and O–H groups in total. The summed E-state index contributed by atoms with van der Waals surface area (Å²) in [6.45, 7) is 6.06. The first kappa shape index (κ1) is 15.3. The molecule has 1 aliphatic heterocycles. The Morgan fingerprint density at radius 1 is 1.45 bits per heavy atom. The topological polar surface area (TPSA) is 44.4 Å². The number of halogens is 1. The van der Waals surface area contributed by atoms with E-state index in [1.165, 1.54) is 0 Å². The summed E-state index contributed by atoms with van der Waals surface area (Å²) in [5, 5.41) is 7.01. The van der Waals surface area contributed by atoms with Crippen LogP contribution in [0.15, 0.2) is 24.3 Å². The first-order chi connectivity index (χ1) is 9.69. The van der Waals surface area contributed by atoms with Crippen molar-refractivity contribution in [1.82, 2.24) is 15.5 Å². The van der Waals surface area contributed by atoms with Gasteiger partial charge in [-0.1, -0.05) is 30.7 Å². The molecule has 0 radical (unpaired) electrons. The van der Waals surface area contributed by atoms with E-state index in [0.29, 0.717) is 24.2 Å². The van der Waals surface area contributed by atoms with Crippen LogP contribution >= 0.6 is 11.6 Å². The van der Waals surface area contributed by atoms with Gasteiger partial charge in [-0.15, -0.1) is 0 Å². The van der Waals surface area contributed by atoms with Crippen molar-refractivity contribution >= 4 is 17.5 Å². The molecule has 1 aromatic rings. The second-order valence-electron chi connectivity index (χ2n) is 5.11. The van der Waals surface area contributed by atoms with Gasteiger partial charge >= 0.3 is 0 Å². The highest BCUT2D eigenvalue weighted by Crippen LogP contribution is 2.10. The van der Waals surface area contributed by atoms with Gasteiger partial charge in [0.05, 0.1) is 6.54 Å². The summed E-state index contributed by atoms with van der Waals surface area (Å²) in [4.78, 5) is 14.2. The van der Waals surface area contributed by atoms with E-state index in [2.05, 4.69) is 22.5 Å². The van der Waals surface area contributed by atoms with Crippen LogP contribution in [0.25, 0.3) is 0 Å². The lowest BCUT2D eigenvalue weighted by molar-refractivity contribution is -0.122. The van der Waals surface area contributed by atoms with E-state index in [1.807, 2.05) is 24.3 Å². The lowest BCUT2D eigenvalue weighted by Crippen LogP contribution is -2.43. The highest BCUT2D eigenvalue weighted by atomic mass is 35.5. The fourth-order valence-corrected chi connectivity index (χ4v) is 2.62. The van der Waals surface area contributed by atoms with Gasteiger partial charge in [0.25, 0.3) is 0 Å². The van der Waals surface area contributed by atoms with Crippen LogP contribution < -0.4 is 10.6 Å². The Morgan fingerprint density at radius 2 is 2.20 bits per heavy atom. The number of hydrogen-bond acceptors (Lipinski definition) is 3. The number of carbonyl (C=O) groups excluding carboxylic acids is 1. The molecule has 0 spiro atoms. The summed E-state index contributed by atoms with van der Waals surface area (Å²) in [6.07, 6.45) is 1.12. The fourth-order valence-electron chi connectivity index (χ4n) is 2.49. The van der Waals surface area contributed by atoms with Gasteiger partial charge < -0.3 is 10.6 Å². The predicted molar refractivity (Wildman–Crippen MR) is 81.8 cm³/mol. The van der Waals surface area contributed by atoms with Crippen molar-refractivity contribution in [2.45, 2.75) is 25.9 Å². The van der Waals surface area contributed by atoms with Gasteiger partial charge in [-0.05, 0) is 37.2 Å². The molecule has 20 heavy (non-hydrogen) atoms. The molecular weight excluding hydrogens is 274 g/mol. The molecule has 110 valence electrons. The van der Waals surface area contributed by atoms with E-state index in [1.54, 1.807) is 0 Å². The van der Waals surface area contributed by atoms with Crippen molar-refractivity contribution in [3.8, 4) is 0 Å². The molecule has 0 saturated carbocycles. The van der Waals surface area contributed by atoms with Gasteiger partial charge in [0.15, 0.2) is 0 Å². The number of carbonyl (C=O) groups is 1. The van der Waals surface area contributed by atoms with Crippen molar-refractivity contribution in [2.75, 3.05) is 26.2 Å². The van der Waals surface area contributed by atoms with E-state index in [9.17, 15) is 4.79 Å². The fraction of sp³-hybridized carbons (Fsp3) is 0.533. The molecule has 1 unspecified atom stereocenters. The van der Waals surface area contributed by atoms with Gasteiger partial charge in [-0.2, -0.15) is 0 Å². The van der Waals surface area contributed by atoms with Gasteiger partial charge in [-0.25, -0.2) is 0 Å². The summed E-state index contributed by atoms with van der Waals surface area (Å²) in [5.74, 6) is 0.0775. The van der Waals surface area contributed by atoms with Crippen molar-refractivity contribution in [3.05, 3.63) is 34.9 Å². The Hall–Kier alpha value is -1.10. The molecule has 1 saturated heterocycles. The molecule has 4 nitrogen and oxygen atoms in total. The van der Waals surface area contributed by atoms with E-state index in [0.717, 1.165) is 31.6 Å². The van der Waals surface area contributed by atoms with Gasteiger partial charge in [0, 0.05) is 24.2 Å². The minimum atomic E-state index is 0.0775. The molecule has 1 aromatic carbocycles. The summed E-state index contributed by atoms with van der Waals surface area (Å²) >= 11 is 5.83. The normalized spacial score (nSPS) is 18.4. The smallest absolute Gasteiger partial charge is 0.234 e. The predicted octanol–water partition coefficient (Wildman–Crippen LogP) is 1.64. The SMILES string of the molecule is CCN(CC(=O)NCc1ccc(Cl)cc1)C1CCNC1. The highest BCUT2D eigenvalue weighted by Gasteiger charge is 2.22. The maximum Gasteiger partial charge on any atom is 0.234 e. The lowest BCUT2D eigenvalue weighted by atomic mass is 10.2. The molecule has 1 amide bonds. The molecular formula is C15H22ClN3O. The van der Waals surface area contributed by atoms with Crippen LogP contribution in [0.2, 0.25) is 5.02 Å². The van der Waals surface area contributed by atoms with E-state index >= 15 is 0 Å². The Bertz CT molecular complexity index is 429. The second-order valence-corrected chi connectivity index (χ2v) is 5.55. The number of benzene rings is 1. The molecule has 1 aliphatic rings. The second kappa shape index (κ2) is 7.62. The Morgan fingerprint density at radius 3 is 2.80 bits per heavy atom. The Labute approximate surface area is 125 Å². The quantitative estimate of drug-likeness (QED) is 0.839. The third-order valence-electron chi connectivity index (χ3n) is 3.71. The maximum absolute atomic E-state index is 12.0. The molecule has 0 aromatic heterocycles. The largest absolute Gasteiger partial charge is 0.351 e. The average Bonchev–Trinajstić information content (AvgIpc) is 2.98. The van der Waals surface area contributed by atoms with E-state index in [-0.39, 0.29) is 5.91 Å². The molecule has 1 fully saturated rings. The van der Waals surface area contributed by atoms with Crippen LogP contribution in [0.3, 0.4) is 0 Å². The standard InChI is InChI=1S/C15H22ClN3O/c1-2-19(14-7-8-17-10-14)11-15(20)18-9-12-3-5-13(16)6-4-12/h3-6,14,17H,2,7-11H2,1H3,(H,18,20). The van der Waals surface area contributed by atoms with Crippen LogP contribution in [-0.4, -0.2) is 43.0 Å². The summed E-state index contributed by atoms with van der Waals surface area (Å²) in [5.41, 5.74) is 1.06. The Kier molecular flexibility index (Phi) is 5.83. The molecule has 1 atom stereocenters. The van der Waals surface area contributed by atoms with Crippen molar-refractivity contribution < 1.29 is 4.79 Å². The van der Waals surface area contributed by atoms with Gasteiger partial charge in [0.2, 0.25) is 5.91 Å². The molecule has 2 rings (SSSR count). The lowest BCUT2D eigenvalue weighted by Gasteiger charge is -2.26. The molecule has 0 aliphatic carbocycles. The van der Waals surface area contributed by atoms with Crippen LogP contribution in [-0.2, 0) is 11.3 Å². The zero-order valence-electron chi connectivity index (χ0n) is 11.9. The summed E-state index contributed by atoms with van der Waals surface area (Å²) in [7, 11) is 0. The number of hydrogen-bond donors (Lipinski definition) is 2. The van der Waals surface area contributed by atoms with Crippen LogP contribution in [0, 0.1) is 0 Å². The van der Waals surface area contributed by atoms with Crippen LogP contribution in [0.5, 0.6) is 0 Å². The first-order valence-electron chi connectivity index (χ1n) is 7.15. The van der Waals surface area contributed by atoms with Crippen LogP contribution in [0.4, 0.5) is 0 Å². The van der Waals surface area contributed by atoms with Gasteiger partial charge in [-0.3, -0.25) is 9.69 Å². The molecule has 5 heteroatoms. The van der Waals surface area contributed by atoms with Gasteiger partial charge in [0.1, 0.15) is 0 Å². The minimum Gasteiger partial charge on any atom is -0.351 e. The third-order valence-corrected chi connectivity index (χ3v) is 3.96. The average molecular weight is 296 g/mol. The number of nitrogens with one attached hydrogen (secondary N) is 2. The van der Waals surface area contributed by atoms with Crippen molar-refractivity contribution in [3.63, 3.8) is 0 Å². The highest BCUT2D eigenvalue weighted by molar-refractivity contribution is 6.30. The van der Waals surface area contributed by atoms with E-state index < -0.39 is 0 Å². The van der Waals surface area contributed by atoms with Crippen molar-refractivity contribution in [1.29, 1.82) is 0 Å². The maximum atomic E-state index is 12.0. The van der Waals surface area contributed by atoms with E-state index in [4.69, 9.17) is 11.6 Å². The first-order valence-corrected chi connectivity index (χ1v) is 7.52. The van der Waals surface area contributed by atoms with Crippen molar-refractivity contribution in [2.24, 2.45) is 0 Å². The third kappa shape index (κ3) is 4.47. The number of nitrogens with zero attached hydrogens (tertiary/aromatic N) is 1. The summed E-state index contributed by atoms with van der Waals surface area (Å²) in [6, 6.07) is 8.03. The summed E-state index contributed by atoms with van der Waals surface area (Å²) < 4.78 is 0.